The number of hydrogen-bond acceptors (Lipinski definition) is 4. The molecule has 1 aromatic rings. The lowest BCUT2D eigenvalue weighted by Gasteiger charge is -2.24. The van der Waals surface area contributed by atoms with Crippen LogP contribution in [0.4, 0.5) is 10.1 Å². The number of carbonyl (C=O) groups is 1. The zero-order chi connectivity index (χ0) is 16.9. The van der Waals surface area contributed by atoms with Gasteiger partial charge in [0.2, 0.25) is 0 Å². The van der Waals surface area contributed by atoms with Gasteiger partial charge in [0.1, 0.15) is 11.4 Å². The molecule has 0 spiro atoms. The summed E-state index contributed by atoms with van der Waals surface area (Å²) in [6.07, 6.45) is 1.26. The Kier molecular flexibility index (Phi) is 5.99. The summed E-state index contributed by atoms with van der Waals surface area (Å²) in [4.78, 5) is 22.1. The predicted octanol–water partition coefficient (Wildman–Crippen LogP) is 2.65. The average molecular weight is 312 g/mol. The van der Waals surface area contributed by atoms with Crippen LogP contribution >= 0.6 is 0 Å². The maximum absolute atomic E-state index is 13.2. The van der Waals surface area contributed by atoms with Crippen LogP contribution in [0.1, 0.15) is 44.0 Å². The number of hydrogen-bond donors (Lipinski definition) is 2. The summed E-state index contributed by atoms with van der Waals surface area (Å²) < 4.78 is 13.2. The molecule has 7 heteroatoms. The molecule has 1 unspecified atom stereocenters. The highest BCUT2D eigenvalue weighted by atomic mass is 19.1. The molecule has 0 heterocycles. The van der Waals surface area contributed by atoms with Crippen LogP contribution in [0.3, 0.4) is 0 Å². The second-order valence-corrected chi connectivity index (χ2v) is 6.03. The zero-order valence-electron chi connectivity index (χ0n) is 12.9. The second kappa shape index (κ2) is 7.31. The van der Waals surface area contributed by atoms with E-state index in [1.165, 1.54) is 0 Å². The molecule has 0 aliphatic rings. The van der Waals surface area contributed by atoms with Gasteiger partial charge < -0.3 is 10.4 Å². The molecule has 0 aromatic heterocycles. The van der Waals surface area contributed by atoms with E-state index in [1.54, 1.807) is 6.92 Å². The number of nitrogens with zero attached hydrogens (tertiary/aromatic N) is 1. The first-order chi connectivity index (χ1) is 10.1. The number of nitro groups is 1. The topological polar surface area (TPSA) is 92.5 Å². The van der Waals surface area contributed by atoms with Crippen LogP contribution in [-0.2, 0) is 0 Å². The van der Waals surface area contributed by atoms with Crippen molar-refractivity contribution in [3.05, 3.63) is 39.7 Å². The van der Waals surface area contributed by atoms with Crippen molar-refractivity contribution >= 4 is 11.6 Å². The number of nitrogens with one attached hydrogen (secondary N) is 1. The van der Waals surface area contributed by atoms with Gasteiger partial charge in [-0.25, -0.2) is 4.39 Å². The van der Waals surface area contributed by atoms with Gasteiger partial charge in [-0.2, -0.15) is 0 Å². The first-order valence-corrected chi connectivity index (χ1v) is 7.07. The van der Waals surface area contributed by atoms with Crippen molar-refractivity contribution in [2.24, 2.45) is 5.92 Å². The molecule has 0 saturated heterocycles. The predicted molar refractivity (Wildman–Crippen MR) is 80.1 cm³/mol. The Morgan fingerprint density at radius 3 is 2.68 bits per heavy atom. The van der Waals surface area contributed by atoms with Gasteiger partial charge >= 0.3 is 0 Å². The molecule has 1 rings (SSSR count). The Hall–Kier alpha value is -2.02. The first kappa shape index (κ1) is 18.0. The van der Waals surface area contributed by atoms with Crippen LogP contribution in [-0.4, -0.2) is 28.1 Å². The summed E-state index contributed by atoms with van der Waals surface area (Å²) in [6.45, 7) is 5.55. The Morgan fingerprint density at radius 1 is 1.50 bits per heavy atom. The number of carbonyl (C=O) groups excluding carboxylic acids is 1. The maximum Gasteiger partial charge on any atom is 0.282 e. The minimum absolute atomic E-state index is 0.0633. The van der Waals surface area contributed by atoms with Gasteiger partial charge in [0, 0.05) is 12.6 Å². The first-order valence-electron chi connectivity index (χ1n) is 7.07. The fourth-order valence-electron chi connectivity index (χ4n) is 1.90. The summed E-state index contributed by atoms with van der Waals surface area (Å²) >= 11 is 0. The minimum atomic E-state index is -1.12. The lowest BCUT2D eigenvalue weighted by atomic mass is 9.95. The van der Waals surface area contributed by atoms with Gasteiger partial charge in [-0.3, -0.25) is 14.9 Å². The van der Waals surface area contributed by atoms with E-state index in [-0.39, 0.29) is 12.1 Å². The van der Waals surface area contributed by atoms with Crippen molar-refractivity contribution in [2.45, 2.75) is 39.2 Å². The largest absolute Gasteiger partial charge is 0.388 e. The Bertz CT molecular complexity index is 558. The van der Waals surface area contributed by atoms with Gasteiger partial charge in [0.05, 0.1) is 10.5 Å². The molecule has 6 nitrogen and oxygen atoms in total. The lowest BCUT2D eigenvalue weighted by molar-refractivity contribution is -0.385. The Labute approximate surface area is 128 Å². The molecule has 122 valence electrons. The monoisotopic (exact) mass is 312 g/mol. The van der Waals surface area contributed by atoms with E-state index >= 15 is 0 Å². The number of aliphatic hydroxyl groups is 1. The number of nitro benzene ring substituents is 1. The molecule has 0 radical (unpaired) electrons. The van der Waals surface area contributed by atoms with Gasteiger partial charge in [-0.15, -0.1) is 0 Å². The molecule has 2 N–H and O–H groups in total. The van der Waals surface area contributed by atoms with Gasteiger partial charge in [0.25, 0.3) is 11.6 Å². The van der Waals surface area contributed by atoms with E-state index < -0.39 is 27.9 Å². The normalized spacial score (nSPS) is 13.7. The third-order valence-electron chi connectivity index (χ3n) is 3.29. The summed E-state index contributed by atoms with van der Waals surface area (Å²) in [5.41, 5.74) is -1.95. The quantitative estimate of drug-likeness (QED) is 0.598. The third kappa shape index (κ3) is 5.40. The van der Waals surface area contributed by atoms with Gasteiger partial charge in [0.15, 0.2) is 0 Å². The third-order valence-corrected chi connectivity index (χ3v) is 3.29. The summed E-state index contributed by atoms with van der Waals surface area (Å²) in [6, 6.07) is 2.69. The van der Waals surface area contributed by atoms with Crippen molar-refractivity contribution in [3.8, 4) is 0 Å². The fourth-order valence-corrected chi connectivity index (χ4v) is 1.90. The summed E-state index contributed by atoms with van der Waals surface area (Å²) in [5.74, 6) is -1.11. The van der Waals surface area contributed by atoms with E-state index in [4.69, 9.17) is 0 Å². The Morgan fingerprint density at radius 2 is 2.14 bits per heavy atom. The molecule has 0 fully saturated rings. The van der Waals surface area contributed by atoms with Gasteiger partial charge in [-0.05, 0) is 37.8 Å². The van der Waals surface area contributed by atoms with Crippen LogP contribution < -0.4 is 5.32 Å². The van der Waals surface area contributed by atoms with Crippen LogP contribution in [0.25, 0.3) is 0 Å². The fraction of sp³-hybridized carbons (Fsp3) is 0.533. The summed E-state index contributed by atoms with van der Waals surface area (Å²) in [5, 5.41) is 23.5. The molecule has 22 heavy (non-hydrogen) atoms. The van der Waals surface area contributed by atoms with Crippen molar-refractivity contribution < 1.29 is 19.2 Å². The molecule has 0 aliphatic carbocycles. The van der Waals surface area contributed by atoms with Crippen LogP contribution in [0.2, 0.25) is 0 Å². The molecule has 0 aliphatic heterocycles. The molecule has 1 aromatic carbocycles. The highest BCUT2D eigenvalue weighted by Crippen LogP contribution is 2.20. The highest BCUT2D eigenvalue weighted by Gasteiger charge is 2.25. The summed E-state index contributed by atoms with van der Waals surface area (Å²) in [7, 11) is 0. The standard InChI is InChI=1S/C15H21FN2O4/c1-10(2)6-7-15(3,20)9-17-14(19)12-8-11(16)4-5-13(12)18(21)22/h4-5,8,10,20H,6-7,9H2,1-3H3,(H,17,19). The molecular weight excluding hydrogens is 291 g/mol. The van der Waals surface area contributed by atoms with Crippen molar-refractivity contribution in [1.29, 1.82) is 0 Å². The smallest absolute Gasteiger partial charge is 0.282 e. The number of amides is 1. The number of rotatable bonds is 7. The molecule has 0 bridgehead atoms. The molecule has 1 amide bonds. The molecule has 0 saturated carbocycles. The van der Waals surface area contributed by atoms with Crippen molar-refractivity contribution in [1.82, 2.24) is 5.32 Å². The van der Waals surface area contributed by atoms with E-state index in [0.717, 1.165) is 24.6 Å². The lowest BCUT2D eigenvalue weighted by Crippen LogP contribution is -2.41. The maximum atomic E-state index is 13.2. The van der Waals surface area contributed by atoms with E-state index in [9.17, 15) is 24.4 Å². The number of halogens is 1. The van der Waals surface area contributed by atoms with Crippen molar-refractivity contribution in [3.63, 3.8) is 0 Å². The number of benzene rings is 1. The zero-order valence-corrected chi connectivity index (χ0v) is 12.9. The van der Waals surface area contributed by atoms with Crippen LogP contribution in [0.5, 0.6) is 0 Å². The Balaban J connectivity index is 2.77. The second-order valence-electron chi connectivity index (χ2n) is 6.03. The van der Waals surface area contributed by atoms with Crippen LogP contribution in [0, 0.1) is 21.8 Å². The molecular formula is C15H21FN2O4. The van der Waals surface area contributed by atoms with E-state index in [1.807, 2.05) is 13.8 Å². The molecule has 1 atom stereocenters. The van der Waals surface area contributed by atoms with Gasteiger partial charge in [-0.1, -0.05) is 13.8 Å². The van der Waals surface area contributed by atoms with E-state index in [0.29, 0.717) is 12.3 Å². The highest BCUT2D eigenvalue weighted by molar-refractivity contribution is 5.98. The van der Waals surface area contributed by atoms with Crippen molar-refractivity contribution in [2.75, 3.05) is 6.54 Å². The van der Waals surface area contributed by atoms with Crippen LogP contribution in [0.15, 0.2) is 18.2 Å². The van der Waals surface area contributed by atoms with E-state index in [2.05, 4.69) is 5.32 Å². The average Bonchev–Trinajstić information content (AvgIpc) is 2.42. The minimum Gasteiger partial charge on any atom is -0.388 e. The SMILES string of the molecule is CC(C)CCC(C)(O)CNC(=O)c1cc(F)ccc1[N+](=O)[O-].